The van der Waals surface area contributed by atoms with Crippen LogP contribution in [0.25, 0.3) is 0 Å². The summed E-state index contributed by atoms with van der Waals surface area (Å²) in [6.07, 6.45) is 6.70. The van der Waals surface area contributed by atoms with E-state index in [0.29, 0.717) is 19.5 Å². The zero-order chi connectivity index (χ0) is 13.4. The van der Waals surface area contributed by atoms with E-state index in [4.69, 9.17) is 5.11 Å². The van der Waals surface area contributed by atoms with Crippen LogP contribution in [0.4, 0.5) is 0 Å². The summed E-state index contributed by atoms with van der Waals surface area (Å²) < 4.78 is -0.436. The van der Waals surface area contributed by atoms with Crippen LogP contribution in [-0.4, -0.2) is 44.6 Å². The zero-order valence-corrected chi connectivity index (χ0v) is 12.0. The van der Waals surface area contributed by atoms with Crippen molar-refractivity contribution in [2.75, 3.05) is 24.6 Å². The second-order valence-electron chi connectivity index (χ2n) is 3.83. The van der Waals surface area contributed by atoms with Crippen molar-refractivity contribution in [3.8, 4) is 0 Å². The summed E-state index contributed by atoms with van der Waals surface area (Å²) in [6.45, 7) is 8.31. The van der Waals surface area contributed by atoms with Gasteiger partial charge in [0, 0.05) is 24.6 Å². The third-order valence-corrected chi connectivity index (χ3v) is 5.96. The Hall–Kier alpha value is -0.810. The molecule has 1 aliphatic heterocycles. The molecule has 0 radical (unpaired) electrons. The molecule has 1 aliphatic rings. The molecule has 0 bridgehead atoms. The number of hydrogen-bond acceptors (Lipinski definition) is 4. The Bertz CT molecular complexity index is 336. The molecule has 0 spiro atoms. The Labute approximate surface area is 117 Å². The second-order valence-corrected chi connectivity index (χ2v) is 6.87. The van der Waals surface area contributed by atoms with E-state index >= 15 is 0 Å². The van der Waals surface area contributed by atoms with Gasteiger partial charge >= 0.3 is 0 Å². The van der Waals surface area contributed by atoms with Gasteiger partial charge in [-0.05, 0) is 12.5 Å². The second kappa shape index (κ2) is 7.59. The Balaban J connectivity index is 2.83. The molecule has 0 saturated carbocycles. The summed E-state index contributed by atoms with van der Waals surface area (Å²) in [5.74, 6) is 2.07. The van der Waals surface area contributed by atoms with E-state index in [2.05, 4.69) is 13.2 Å². The average Bonchev–Trinajstić information content (AvgIpc) is 2.84. The van der Waals surface area contributed by atoms with Gasteiger partial charge in [-0.1, -0.05) is 12.2 Å². The number of rotatable bonds is 7. The molecule has 3 nitrogen and oxygen atoms in total. The summed E-state index contributed by atoms with van der Waals surface area (Å²) in [6, 6.07) is 0. The number of aliphatic hydroxyl groups excluding tert-OH is 1. The van der Waals surface area contributed by atoms with Crippen LogP contribution in [0.5, 0.6) is 0 Å². The van der Waals surface area contributed by atoms with E-state index in [0.717, 1.165) is 17.8 Å². The summed E-state index contributed by atoms with van der Waals surface area (Å²) in [5, 5.41) is 8.73. The van der Waals surface area contributed by atoms with Crippen LogP contribution in [0.2, 0.25) is 0 Å². The fraction of sp³-hybridized carbons (Fsp3) is 0.462. The van der Waals surface area contributed by atoms with Gasteiger partial charge in [-0.25, -0.2) is 0 Å². The highest BCUT2D eigenvalue weighted by atomic mass is 32.2. The third-order valence-electron chi connectivity index (χ3n) is 2.56. The number of aliphatic hydroxyl groups is 1. The molecule has 1 rings (SSSR count). The Morgan fingerprint density at radius 3 is 2.44 bits per heavy atom. The molecule has 1 heterocycles. The minimum Gasteiger partial charge on any atom is -0.516 e. The van der Waals surface area contributed by atoms with E-state index in [-0.39, 0.29) is 5.91 Å². The van der Waals surface area contributed by atoms with Gasteiger partial charge in [0.15, 0.2) is 0 Å². The maximum absolute atomic E-state index is 12.6. The number of thioether (sulfide) groups is 2. The highest BCUT2D eigenvalue weighted by Crippen LogP contribution is 2.47. The van der Waals surface area contributed by atoms with E-state index in [9.17, 15) is 4.79 Å². The van der Waals surface area contributed by atoms with Crippen molar-refractivity contribution in [2.45, 2.75) is 10.5 Å². The minimum absolute atomic E-state index is 0.0906. The van der Waals surface area contributed by atoms with Crippen molar-refractivity contribution >= 4 is 29.4 Å². The third kappa shape index (κ3) is 3.59. The van der Waals surface area contributed by atoms with Crippen LogP contribution in [0.15, 0.2) is 37.6 Å². The van der Waals surface area contributed by atoms with Crippen LogP contribution < -0.4 is 0 Å². The number of amides is 1. The monoisotopic (exact) mass is 285 g/mol. The molecule has 100 valence electrons. The maximum atomic E-state index is 12.6. The van der Waals surface area contributed by atoms with E-state index < -0.39 is 4.08 Å². The molecule has 0 aromatic rings. The summed E-state index contributed by atoms with van der Waals surface area (Å²) in [7, 11) is 0. The minimum atomic E-state index is -0.436. The molecule has 0 unspecified atom stereocenters. The first kappa shape index (κ1) is 15.2. The van der Waals surface area contributed by atoms with Crippen LogP contribution in [-0.2, 0) is 4.79 Å². The predicted molar refractivity (Wildman–Crippen MR) is 81.0 cm³/mol. The number of carbonyl (C=O) groups excluding carboxylic acids is 1. The first-order valence-electron chi connectivity index (χ1n) is 5.78. The maximum Gasteiger partial charge on any atom is 0.249 e. The van der Waals surface area contributed by atoms with Gasteiger partial charge in [-0.3, -0.25) is 4.79 Å². The standard InChI is InChI=1S/C13H19NO2S2/c1-3-6-13(17-10-11-18-13)12(16)14(7-4-2)8-5-9-15/h3-5,9,15H,1-2,6-8,10-11H2/b9-5+. The van der Waals surface area contributed by atoms with Crippen molar-refractivity contribution < 1.29 is 9.90 Å². The molecule has 0 aromatic carbocycles. The molecule has 0 aliphatic carbocycles. The first-order valence-corrected chi connectivity index (χ1v) is 7.75. The van der Waals surface area contributed by atoms with Gasteiger partial charge in [0.2, 0.25) is 5.91 Å². The van der Waals surface area contributed by atoms with Gasteiger partial charge in [-0.2, -0.15) is 0 Å². The molecule has 1 N–H and O–H groups in total. The van der Waals surface area contributed by atoms with E-state index in [1.165, 1.54) is 0 Å². The molecule has 5 heteroatoms. The van der Waals surface area contributed by atoms with Gasteiger partial charge in [0.25, 0.3) is 0 Å². The van der Waals surface area contributed by atoms with Crippen molar-refractivity contribution in [1.29, 1.82) is 0 Å². The molecule has 1 fully saturated rings. The fourth-order valence-electron chi connectivity index (χ4n) is 1.78. The smallest absolute Gasteiger partial charge is 0.249 e. The fourth-order valence-corrected chi connectivity index (χ4v) is 4.92. The Kier molecular flexibility index (Phi) is 6.43. The van der Waals surface area contributed by atoms with Gasteiger partial charge in [0.1, 0.15) is 4.08 Å². The predicted octanol–water partition coefficient (Wildman–Crippen LogP) is 2.83. The number of carbonyl (C=O) groups is 1. The van der Waals surface area contributed by atoms with Crippen LogP contribution >= 0.6 is 23.5 Å². The molecular weight excluding hydrogens is 266 g/mol. The van der Waals surface area contributed by atoms with Crippen molar-refractivity contribution in [1.82, 2.24) is 4.90 Å². The summed E-state index contributed by atoms with van der Waals surface area (Å²) in [4.78, 5) is 14.3. The van der Waals surface area contributed by atoms with Crippen molar-refractivity contribution in [3.63, 3.8) is 0 Å². The lowest BCUT2D eigenvalue weighted by molar-refractivity contribution is -0.130. The molecule has 18 heavy (non-hydrogen) atoms. The normalized spacial score (nSPS) is 17.8. The number of allylic oxidation sites excluding steroid dienone is 1. The van der Waals surface area contributed by atoms with E-state index in [1.54, 1.807) is 46.7 Å². The van der Waals surface area contributed by atoms with Crippen molar-refractivity contribution in [2.24, 2.45) is 0 Å². The lowest BCUT2D eigenvalue weighted by Crippen LogP contribution is -2.44. The van der Waals surface area contributed by atoms with Crippen molar-refractivity contribution in [3.05, 3.63) is 37.6 Å². The Morgan fingerprint density at radius 1 is 1.28 bits per heavy atom. The highest BCUT2D eigenvalue weighted by molar-refractivity contribution is 8.22. The van der Waals surface area contributed by atoms with E-state index in [1.807, 2.05) is 0 Å². The lowest BCUT2D eigenvalue weighted by atomic mass is 10.2. The molecule has 0 atom stereocenters. The van der Waals surface area contributed by atoms with Gasteiger partial charge in [0.05, 0.1) is 6.26 Å². The highest BCUT2D eigenvalue weighted by Gasteiger charge is 2.43. The lowest BCUT2D eigenvalue weighted by Gasteiger charge is -2.31. The number of hydrogen-bond donors (Lipinski definition) is 1. The Morgan fingerprint density at radius 2 is 1.94 bits per heavy atom. The van der Waals surface area contributed by atoms with Crippen LogP contribution in [0, 0.1) is 0 Å². The largest absolute Gasteiger partial charge is 0.516 e. The average molecular weight is 285 g/mol. The SMILES string of the molecule is C=CCN(C/C=C/O)C(=O)C1(CC=C)SCCS1. The quantitative estimate of drug-likeness (QED) is 0.577. The molecule has 1 amide bonds. The number of nitrogens with zero attached hydrogens (tertiary/aromatic N) is 1. The topological polar surface area (TPSA) is 40.5 Å². The first-order chi connectivity index (χ1) is 8.70. The van der Waals surface area contributed by atoms with Gasteiger partial charge in [-0.15, -0.1) is 36.7 Å². The van der Waals surface area contributed by atoms with Gasteiger partial charge < -0.3 is 10.0 Å². The molecule has 1 saturated heterocycles. The zero-order valence-electron chi connectivity index (χ0n) is 10.4. The summed E-state index contributed by atoms with van der Waals surface area (Å²) in [5.41, 5.74) is 0. The molecule has 0 aromatic heterocycles. The van der Waals surface area contributed by atoms with Crippen LogP contribution in [0.3, 0.4) is 0 Å². The molecular formula is C13H19NO2S2. The van der Waals surface area contributed by atoms with Crippen LogP contribution in [0.1, 0.15) is 6.42 Å². The summed E-state index contributed by atoms with van der Waals surface area (Å²) >= 11 is 3.38.